The van der Waals surface area contributed by atoms with E-state index in [2.05, 4.69) is 32.5 Å². The van der Waals surface area contributed by atoms with Crippen molar-refractivity contribution < 1.29 is 14.1 Å². The van der Waals surface area contributed by atoms with E-state index in [9.17, 15) is 9.59 Å². The van der Waals surface area contributed by atoms with Crippen LogP contribution in [0, 0.1) is 0 Å². The zero-order chi connectivity index (χ0) is 23.5. The average molecular weight is 460 g/mol. The number of piperazine rings is 1. The summed E-state index contributed by atoms with van der Waals surface area (Å²) in [5.41, 5.74) is 2.59. The third-order valence-electron chi connectivity index (χ3n) is 6.73. The minimum atomic E-state index is -0.571. The van der Waals surface area contributed by atoms with E-state index < -0.39 is 6.04 Å². The number of benzene rings is 2. The van der Waals surface area contributed by atoms with Crippen molar-refractivity contribution in [1.29, 1.82) is 0 Å². The Morgan fingerprint density at radius 2 is 1.71 bits per heavy atom. The smallest absolute Gasteiger partial charge is 0.251 e. The standard InChI is InChI=1S/C26H29N5O3/c1-18(27-24(32)20-6-3-2-4-7-20)26(33)31-16-14-30(15-17-31)22-12-10-19(11-13-22)23-28-25(34-29-23)21-8-5-9-21/h2-4,6-7,10-13,18,21H,5,8-9,14-17H2,1H3,(H,27,32). The summed E-state index contributed by atoms with van der Waals surface area (Å²) in [7, 11) is 0. The van der Waals surface area contributed by atoms with Gasteiger partial charge >= 0.3 is 0 Å². The van der Waals surface area contributed by atoms with Crippen molar-refractivity contribution in [1.82, 2.24) is 20.4 Å². The van der Waals surface area contributed by atoms with Gasteiger partial charge < -0.3 is 19.6 Å². The van der Waals surface area contributed by atoms with Crippen molar-refractivity contribution in [2.75, 3.05) is 31.1 Å². The summed E-state index contributed by atoms with van der Waals surface area (Å²) in [6.07, 6.45) is 3.50. The number of rotatable bonds is 6. The number of carbonyl (C=O) groups excluding carboxylic acids is 2. The number of hydrogen-bond acceptors (Lipinski definition) is 6. The molecule has 8 nitrogen and oxygen atoms in total. The molecule has 0 bridgehead atoms. The van der Waals surface area contributed by atoms with Crippen LogP contribution in [0.4, 0.5) is 5.69 Å². The number of nitrogens with zero attached hydrogens (tertiary/aromatic N) is 4. The lowest BCUT2D eigenvalue weighted by Gasteiger charge is -2.37. The van der Waals surface area contributed by atoms with E-state index in [1.165, 1.54) is 6.42 Å². The molecule has 1 saturated carbocycles. The van der Waals surface area contributed by atoms with Crippen molar-refractivity contribution in [3.63, 3.8) is 0 Å². The summed E-state index contributed by atoms with van der Waals surface area (Å²) in [4.78, 5) is 33.9. The van der Waals surface area contributed by atoms with Crippen LogP contribution in [-0.4, -0.2) is 59.1 Å². The topological polar surface area (TPSA) is 91.6 Å². The Labute approximate surface area is 198 Å². The van der Waals surface area contributed by atoms with Gasteiger partial charge in [-0.2, -0.15) is 4.98 Å². The molecule has 1 atom stereocenters. The molecule has 1 N–H and O–H groups in total. The maximum absolute atomic E-state index is 12.9. The molecule has 2 heterocycles. The Morgan fingerprint density at radius 1 is 1.00 bits per heavy atom. The van der Waals surface area contributed by atoms with E-state index in [1.807, 2.05) is 35.2 Å². The summed E-state index contributed by atoms with van der Waals surface area (Å²) in [5.74, 6) is 1.52. The minimum absolute atomic E-state index is 0.0568. The molecule has 2 aromatic carbocycles. The lowest BCUT2D eigenvalue weighted by atomic mass is 9.85. The Hall–Kier alpha value is -3.68. The average Bonchev–Trinajstić information content (AvgIpc) is 3.32. The molecule has 0 radical (unpaired) electrons. The van der Waals surface area contributed by atoms with Gasteiger partial charge in [-0.15, -0.1) is 0 Å². The summed E-state index contributed by atoms with van der Waals surface area (Å²) >= 11 is 0. The van der Waals surface area contributed by atoms with Gasteiger partial charge in [-0.1, -0.05) is 29.8 Å². The molecule has 8 heteroatoms. The number of carbonyl (C=O) groups is 2. The van der Waals surface area contributed by atoms with E-state index in [4.69, 9.17) is 4.52 Å². The Bertz CT molecular complexity index is 1130. The largest absolute Gasteiger partial charge is 0.368 e. The van der Waals surface area contributed by atoms with Gasteiger partial charge in [-0.25, -0.2) is 0 Å². The van der Waals surface area contributed by atoms with Crippen LogP contribution in [0.25, 0.3) is 11.4 Å². The van der Waals surface area contributed by atoms with Crippen molar-refractivity contribution in [2.45, 2.75) is 38.1 Å². The summed E-state index contributed by atoms with van der Waals surface area (Å²) in [6, 6.07) is 16.5. The normalized spacial score (nSPS) is 17.2. The first kappa shape index (κ1) is 22.1. The molecular weight excluding hydrogens is 430 g/mol. The maximum Gasteiger partial charge on any atom is 0.251 e. The van der Waals surface area contributed by atoms with Crippen LogP contribution >= 0.6 is 0 Å². The second-order valence-electron chi connectivity index (χ2n) is 9.00. The molecular formula is C26H29N5O3. The molecule has 1 aliphatic carbocycles. The predicted octanol–water partition coefficient (Wildman–Crippen LogP) is 3.47. The predicted molar refractivity (Wildman–Crippen MR) is 128 cm³/mol. The highest BCUT2D eigenvalue weighted by Crippen LogP contribution is 2.36. The number of aromatic nitrogens is 2. The van der Waals surface area contributed by atoms with Crippen LogP contribution in [-0.2, 0) is 4.79 Å². The summed E-state index contributed by atoms with van der Waals surface area (Å²) < 4.78 is 5.44. The molecule has 0 spiro atoms. The van der Waals surface area contributed by atoms with Crippen LogP contribution in [0.15, 0.2) is 59.1 Å². The Morgan fingerprint density at radius 3 is 2.35 bits per heavy atom. The van der Waals surface area contributed by atoms with Gasteiger partial charge in [-0.3, -0.25) is 9.59 Å². The molecule has 1 aliphatic heterocycles. The molecule has 176 valence electrons. The second kappa shape index (κ2) is 9.67. The zero-order valence-corrected chi connectivity index (χ0v) is 19.3. The van der Waals surface area contributed by atoms with Gasteiger partial charge in [0.2, 0.25) is 17.6 Å². The summed E-state index contributed by atoms with van der Waals surface area (Å²) in [5, 5.41) is 6.95. The van der Waals surface area contributed by atoms with Gasteiger partial charge in [0.15, 0.2) is 0 Å². The van der Waals surface area contributed by atoms with Crippen LogP contribution in [0.3, 0.4) is 0 Å². The third kappa shape index (κ3) is 4.66. The molecule has 1 aromatic heterocycles. The molecule has 3 aromatic rings. The van der Waals surface area contributed by atoms with Crippen LogP contribution in [0.1, 0.15) is 48.4 Å². The van der Waals surface area contributed by atoms with Gasteiger partial charge in [0, 0.05) is 48.9 Å². The fourth-order valence-corrected chi connectivity index (χ4v) is 4.38. The van der Waals surface area contributed by atoms with Crippen LogP contribution < -0.4 is 10.2 Å². The second-order valence-corrected chi connectivity index (χ2v) is 9.00. The molecule has 1 saturated heterocycles. The van der Waals surface area contributed by atoms with Crippen molar-refractivity contribution in [3.8, 4) is 11.4 Å². The molecule has 1 unspecified atom stereocenters. The van der Waals surface area contributed by atoms with E-state index in [0.717, 1.165) is 43.1 Å². The van der Waals surface area contributed by atoms with Gasteiger partial charge in [0.1, 0.15) is 6.04 Å². The van der Waals surface area contributed by atoms with E-state index >= 15 is 0 Å². The highest BCUT2D eigenvalue weighted by Gasteiger charge is 2.27. The molecule has 2 aliphatic rings. The fraction of sp³-hybridized carbons (Fsp3) is 0.385. The lowest BCUT2D eigenvalue weighted by Crippen LogP contribution is -2.54. The van der Waals surface area contributed by atoms with Crippen molar-refractivity contribution in [3.05, 3.63) is 66.1 Å². The molecule has 2 amide bonds. The SMILES string of the molecule is CC(NC(=O)c1ccccc1)C(=O)N1CCN(c2ccc(-c3noc(C4CCC4)n3)cc2)CC1. The monoisotopic (exact) mass is 459 g/mol. The summed E-state index contributed by atoms with van der Waals surface area (Å²) in [6.45, 7) is 4.43. The van der Waals surface area contributed by atoms with Crippen LogP contribution in [0.5, 0.6) is 0 Å². The van der Waals surface area contributed by atoms with Gasteiger partial charge in [0.25, 0.3) is 5.91 Å². The Kier molecular flexibility index (Phi) is 6.29. The van der Waals surface area contributed by atoms with Gasteiger partial charge in [0.05, 0.1) is 0 Å². The Balaban J connectivity index is 1.14. The maximum atomic E-state index is 12.9. The molecule has 2 fully saturated rings. The quantitative estimate of drug-likeness (QED) is 0.607. The van der Waals surface area contributed by atoms with Crippen LogP contribution in [0.2, 0.25) is 0 Å². The van der Waals surface area contributed by atoms with Crippen molar-refractivity contribution >= 4 is 17.5 Å². The number of hydrogen-bond donors (Lipinski definition) is 1. The third-order valence-corrected chi connectivity index (χ3v) is 6.73. The molecule has 34 heavy (non-hydrogen) atoms. The van der Waals surface area contributed by atoms with E-state index in [-0.39, 0.29) is 11.8 Å². The first-order valence-electron chi connectivity index (χ1n) is 11.9. The van der Waals surface area contributed by atoms with Gasteiger partial charge in [-0.05, 0) is 56.2 Å². The van der Waals surface area contributed by atoms with E-state index in [1.54, 1.807) is 19.1 Å². The number of nitrogens with one attached hydrogen (secondary N) is 1. The highest BCUT2D eigenvalue weighted by atomic mass is 16.5. The highest BCUT2D eigenvalue weighted by molar-refractivity contribution is 5.97. The molecule has 5 rings (SSSR count). The fourth-order valence-electron chi connectivity index (χ4n) is 4.38. The van der Waals surface area contributed by atoms with Crippen molar-refractivity contribution in [2.24, 2.45) is 0 Å². The minimum Gasteiger partial charge on any atom is -0.368 e. The lowest BCUT2D eigenvalue weighted by molar-refractivity contribution is -0.133. The zero-order valence-electron chi connectivity index (χ0n) is 19.3. The number of amides is 2. The first-order valence-corrected chi connectivity index (χ1v) is 11.9. The number of anilines is 1. The van der Waals surface area contributed by atoms with E-state index in [0.29, 0.717) is 30.4 Å². The first-order chi connectivity index (χ1) is 16.6.